The van der Waals surface area contributed by atoms with Crippen molar-refractivity contribution in [2.75, 3.05) is 20.8 Å². The maximum Gasteiger partial charge on any atom is 0.191 e. The van der Waals surface area contributed by atoms with Crippen LogP contribution >= 0.6 is 24.0 Å². The van der Waals surface area contributed by atoms with E-state index in [9.17, 15) is 0 Å². The van der Waals surface area contributed by atoms with Crippen LogP contribution in [0.1, 0.15) is 23.6 Å². The third kappa shape index (κ3) is 6.74. The Balaban J connectivity index is 0.00000338. The van der Waals surface area contributed by atoms with Gasteiger partial charge in [-0.3, -0.25) is 4.99 Å². The van der Waals surface area contributed by atoms with E-state index in [0.29, 0.717) is 19.7 Å². The fourth-order valence-electron chi connectivity index (χ4n) is 2.47. The molecule has 0 saturated heterocycles. The summed E-state index contributed by atoms with van der Waals surface area (Å²) in [7, 11) is 3.44. The summed E-state index contributed by atoms with van der Waals surface area (Å²) in [5.41, 5.74) is 3.50. The van der Waals surface area contributed by atoms with Crippen LogP contribution in [0.15, 0.2) is 47.5 Å². The first-order valence-corrected chi connectivity index (χ1v) is 8.46. The molecule has 0 saturated carbocycles. The molecule has 0 aromatic heterocycles. The minimum Gasteiger partial charge on any atom is -0.497 e. The number of methoxy groups -OCH3 is 1. The third-order valence-electron chi connectivity index (χ3n) is 3.84. The number of aryl methyl sites for hydroxylation is 1. The van der Waals surface area contributed by atoms with Gasteiger partial charge in [-0.2, -0.15) is 0 Å². The topological polar surface area (TPSA) is 54.9 Å². The predicted octanol–water partition coefficient (Wildman–Crippen LogP) is 3.89. The van der Waals surface area contributed by atoms with Gasteiger partial charge in [0.1, 0.15) is 11.5 Å². The number of nitrogens with zero attached hydrogens (tertiary/aromatic N) is 1. The molecular weight excluding hydrogens is 441 g/mol. The smallest absolute Gasteiger partial charge is 0.191 e. The van der Waals surface area contributed by atoms with Crippen LogP contribution in [-0.4, -0.2) is 26.7 Å². The Morgan fingerprint density at radius 2 is 1.62 bits per heavy atom. The van der Waals surface area contributed by atoms with Gasteiger partial charge in [-0.1, -0.05) is 24.3 Å². The molecule has 2 aromatic carbocycles. The first-order chi connectivity index (χ1) is 12.2. The number of aliphatic imine (C=N–C) groups is 1. The van der Waals surface area contributed by atoms with Gasteiger partial charge in [-0.25, -0.2) is 0 Å². The summed E-state index contributed by atoms with van der Waals surface area (Å²) in [6.45, 7) is 6.14. The third-order valence-corrected chi connectivity index (χ3v) is 3.84. The Bertz CT molecular complexity index is 703. The highest BCUT2D eigenvalue weighted by atomic mass is 127. The summed E-state index contributed by atoms with van der Waals surface area (Å²) in [5, 5.41) is 6.64. The minimum absolute atomic E-state index is 0. The minimum atomic E-state index is 0. The van der Waals surface area contributed by atoms with Crippen molar-refractivity contribution in [2.24, 2.45) is 4.99 Å². The lowest BCUT2D eigenvalue weighted by Gasteiger charge is -2.13. The second kappa shape index (κ2) is 11.6. The molecule has 0 unspecified atom stereocenters. The van der Waals surface area contributed by atoms with E-state index >= 15 is 0 Å². The summed E-state index contributed by atoms with van der Waals surface area (Å²) >= 11 is 0. The van der Waals surface area contributed by atoms with Crippen molar-refractivity contribution in [1.82, 2.24) is 10.6 Å². The fourth-order valence-corrected chi connectivity index (χ4v) is 2.47. The molecule has 0 aliphatic rings. The summed E-state index contributed by atoms with van der Waals surface area (Å²) in [6.07, 6.45) is 0. The van der Waals surface area contributed by atoms with Crippen molar-refractivity contribution < 1.29 is 9.47 Å². The number of rotatable bonds is 7. The van der Waals surface area contributed by atoms with Crippen LogP contribution in [0.25, 0.3) is 0 Å². The van der Waals surface area contributed by atoms with Gasteiger partial charge >= 0.3 is 0 Å². The van der Waals surface area contributed by atoms with Crippen molar-refractivity contribution >= 4 is 29.9 Å². The maximum atomic E-state index is 5.58. The van der Waals surface area contributed by atoms with E-state index in [2.05, 4.69) is 34.7 Å². The lowest BCUT2D eigenvalue weighted by Crippen LogP contribution is -2.36. The Morgan fingerprint density at radius 1 is 1.00 bits per heavy atom. The van der Waals surface area contributed by atoms with Crippen LogP contribution in [0.4, 0.5) is 0 Å². The normalized spacial score (nSPS) is 10.7. The molecular formula is C20H28IN3O2. The van der Waals surface area contributed by atoms with Gasteiger partial charge in [-0.15, -0.1) is 24.0 Å². The monoisotopic (exact) mass is 469 g/mol. The van der Waals surface area contributed by atoms with Crippen molar-refractivity contribution in [3.05, 3.63) is 59.2 Å². The molecule has 0 heterocycles. The standard InChI is InChI=1S/C20H27N3O2.HI/c1-5-25-19-11-8-17(12-15(19)2)14-23-20(21-3)22-13-16-6-9-18(24-4)10-7-16;/h6-12H,5,13-14H2,1-4H3,(H2,21,22,23);1H. The molecule has 0 aliphatic carbocycles. The second-order valence-corrected chi connectivity index (χ2v) is 5.66. The highest BCUT2D eigenvalue weighted by molar-refractivity contribution is 14.0. The van der Waals surface area contributed by atoms with Crippen LogP contribution in [-0.2, 0) is 13.1 Å². The largest absolute Gasteiger partial charge is 0.497 e. The molecule has 0 atom stereocenters. The molecule has 0 fully saturated rings. The van der Waals surface area contributed by atoms with Crippen LogP contribution in [0, 0.1) is 6.92 Å². The number of nitrogens with one attached hydrogen (secondary N) is 2. The van der Waals surface area contributed by atoms with E-state index in [1.807, 2.05) is 37.3 Å². The molecule has 142 valence electrons. The summed E-state index contributed by atoms with van der Waals surface area (Å²) in [6, 6.07) is 14.2. The number of halogens is 1. The molecule has 2 N–H and O–H groups in total. The molecule has 26 heavy (non-hydrogen) atoms. The molecule has 2 rings (SSSR count). The summed E-state index contributed by atoms with van der Waals surface area (Å²) < 4.78 is 10.7. The van der Waals surface area contributed by atoms with Gasteiger partial charge in [0.25, 0.3) is 0 Å². The molecule has 5 nitrogen and oxygen atoms in total. The maximum absolute atomic E-state index is 5.58. The number of ether oxygens (including phenoxy) is 2. The molecule has 0 spiro atoms. The fraction of sp³-hybridized carbons (Fsp3) is 0.350. The zero-order chi connectivity index (χ0) is 18.1. The van der Waals surface area contributed by atoms with Crippen LogP contribution in [0.3, 0.4) is 0 Å². The van der Waals surface area contributed by atoms with E-state index in [1.165, 1.54) is 11.1 Å². The number of benzene rings is 2. The Labute approximate surface area is 173 Å². The lowest BCUT2D eigenvalue weighted by atomic mass is 10.1. The Hall–Kier alpha value is -1.96. The zero-order valence-electron chi connectivity index (χ0n) is 15.8. The molecule has 0 radical (unpaired) electrons. The van der Waals surface area contributed by atoms with Gasteiger partial charge in [0.2, 0.25) is 0 Å². The van der Waals surface area contributed by atoms with Gasteiger partial charge in [0.15, 0.2) is 5.96 Å². The van der Waals surface area contributed by atoms with Gasteiger partial charge in [0.05, 0.1) is 13.7 Å². The van der Waals surface area contributed by atoms with Crippen molar-refractivity contribution in [3.63, 3.8) is 0 Å². The van der Waals surface area contributed by atoms with E-state index in [0.717, 1.165) is 23.0 Å². The van der Waals surface area contributed by atoms with E-state index in [4.69, 9.17) is 9.47 Å². The van der Waals surface area contributed by atoms with Crippen molar-refractivity contribution in [3.8, 4) is 11.5 Å². The average molecular weight is 469 g/mol. The average Bonchev–Trinajstić information content (AvgIpc) is 2.64. The second-order valence-electron chi connectivity index (χ2n) is 5.66. The van der Waals surface area contributed by atoms with Crippen molar-refractivity contribution in [2.45, 2.75) is 26.9 Å². The Morgan fingerprint density at radius 3 is 2.15 bits per heavy atom. The van der Waals surface area contributed by atoms with Gasteiger partial charge in [-0.05, 0) is 48.7 Å². The zero-order valence-corrected chi connectivity index (χ0v) is 18.2. The first-order valence-electron chi connectivity index (χ1n) is 8.46. The highest BCUT2D eigenvalue weighted by Gasteiger charge is 2.03. The Kier molecular flexibility index (Phi) is 9.87. The molecule has 2 aromatic rings. The quantitative estimate of drug-likeness (QED) is 0.367. The highest BCUT2D eigenvalue weighted by Crippen LogP contribution is 2.19. The van der Waals surface area contributed by atoms with Crippen molar-refractivity contribution in [1.29, 1.82) is 0 Å². The lowest BCUT2D eigenvalue weighted by molar-refractivity contribution is 0.338. The summed E-state index contributed by atoms with van der Waals surface area (Å²) in [4.78, 5) is 4.27. The van der Waals surface area contributed by atoms with E-state index < -0.39 is 0 Å². The SMILES string of the molecule is CCOc1ccc(CNC(=NC)NCc2ccc(OC)cc2)cc1C.I. The van der Waals surface area contributed by atoms with Gasteiger partial charge in [0, 0.05) is 20.1 Å². The number of hydrogen-bond donors (Lipinski definition) is 2. The molecule has 6 heteroatoms. The van der Waals surface area contributed by atoms with Gasteiger partial charge < -0.3 is 20.1 Å². The van der Waals surface area contributed by atoms with E-state index in [-0.39, 0.29) is 24.0 Å². The van der Waals surface area contributed by atoms with Crippen LogP contribution in [0.5, 0.6) is 11.5 Å². The van der Waals surface area contributed by atoms with Crippen LogP contribution < -0.4 is 20.1 Å². The summed E-state index contributed by atoms with van der Waals surface area (Å²) in [5.74, 6) is 2.56. The number of hydrogen-bond acceptors (Lipinski definition) is 3. The number of guanidine groups is 1. The van der Waals surface area contributed by atoms with Crippen LogP contribution in [0.2, 0.25) is 0 Å². The first kappa shape index (κ1) is 22.1. The molecule has 0 aliphatic heterocycles. The molecule has 0 bridgehead atoms. The predicted molar refractivity (Wildman–Crippen MR) is 118 cm³/mol. The van der Waals surface area contributed by atoms with E-state index in [1.54, 1.807) is 14.2 Å². The molecule has 0 amide bonds.